The number of rotatable bonds is 5. The van der Waals surface area contributed by atoms with Gasteiger partial charge in [-0.2, -0.15) is 4.98 Å². The number of furan rings is 1. The molecule has 0 radical (unpaired) electrons. The molecule has 1 aliphatic heterocycles. The molecule has 0 amide bonds. The van der Waals surface area contributed by atoms with Crippen molar-refractivity contribution in [2.24, 2.45) is 0 Å². The van der Waals surface area contributed by atoms with Crippen LogP contribution in [0.1, 0.15) is 30.8 Å². The number of nitrogen functional groups attached to an aromatic ring is 1. The standard InChI is InChI=1S/C17H25N5O2/c1-12(14-4-3-13(2)24-14)5-6-21-7-9-22(10-8-21)15-11-16(23)20-17(18)19-15/h3-4,11-12H,5-10H2,1-2H3,(H3,18,19,20,23). The van der Waals surface area contributed by atoms with Gasteiger partial charge in [0.05, 0.1) is 0 Å². The van der Waals surface area contributed by atoms with E-state index < -0.39 is 0 Å². The van der Waals surface area contributed by atoms with Crippen LogP contribution < -0.4 is 16.2 Å². The van der Waals surface area contributed by atoms with Gasteiger partial charge in [-0.05, 0) is 32.0 Å². The zero-order valence-corrected chi connectivity index (χ0v) is 14.3. The summed E-state index contributed by atoms with van der Waals surface area (Å²) in [7, 11) is 0. The molecular formula is C17H25N5O2. The van der Waals surface area contributed by atoms with Gasteiger partial charge in [-0.3, -0.25) is 14.7 Å². The van der Waals surface area contributed by atoms with Gasteiger partial charge in [-0.1, -0.05) is 6.92 Å². The topological polar surface area (TPSA) is 91.4 Å². The second kappa shape index (κ2) is 7.09. The van der Waals surface area contributed by atoms with E-state index in [4.69, 9.17) is 10.2 Å². The Balaban J connectivity index is 1.49. The minimum atomic E-state index is -0.206. The molecule has 0 saturated carbocycles. The van der Waals surface area contributed by atoms with Crippen molar-refractivity contribution in [2.45, 2.75) is 26.2 Å². The first-order valence-corrected chi connectivity index (χ1v) is 8.42. The van der Waals surface area contributed by atoms with E-state index in [1.165, 1.54) is 6.07 Å². The summed E-state index contributed by atoms with van der Waals surface area (Å²) in [4.78, 5) is 22.8. The number of piperazine rings is 1. The third kappa shape index (κ3) is 3.97. The number of H-pyrrole nitrogens is 1. The number of aryl methyl sites for hydroxylation is 1. The van der Waals surface area contributed by atoms with E-state index in [9.17, 15) is 4.79 Å². The molecule has 3 rings (SSSR count). The van der Waals surface area contributed by atoms with E-state index in [1.54, 1.807) is 0 Å². The van der Waals surface area contributed by atoms with Crippen molar-refractivity contribution in [2.75, 3.05) is 43.4 Å². The predicted octanol–water partition coefficient (Wildman–Crippen LogP) is 1.57. The third-order valence-electron chi connectivity index (χ3n) is 4.57. The van der Waals surface area contributed by atoms with Crippen molar-refractivity contribution in [3.8, 4) is 0 Å². The molecule has 7 nitrogen and oxygen atoms in total. The fourth-order valence-electron chi connectivity index (χ4n) is 3.06. The highest BCUT2D eigenvalue weighted by atomic mass is 16.3. The summed E-state index contributed by atoms with van der Waals surface area (Å²) in [5.74, 6) is 3.29. The van der Waals surface area contributed by atoms with Crippen molar-refractivity contribution in [1.82, 2.24) is 14.9 Å². The Bertz CT molecular complexity index is 731. The van der Waals surface area contributed by atoms with Crippen molar-refractivity contribution in [3.05, 3.63) is 40.1 Å². The van der Waals surface area contributed by atoms with Gasteiger partial charge in [-0.15, -0.1) is 0 Å². The van der Waals surface area contributed by atoms with Crippen LogP contribution in [0.5, 0.6) is 0 Å². The summed E-state index contributed by atoms with van der Waals surface area (Å²) < 4.78 is 5.70. The Morgan fingerprint density at radius 1 is 1.33 bits per heavy atom. The third-order valence-corrected chi connectivity index (χ3v) is 4.57. The van der Waals surface area contributed by atoms with Crippen molar-refractivity contribution in [1.29, 1.82) is 0 Å². The number of anilines is 2. The average Bonchev–Trinajstić information content (AvgIpc) is 2.99. The maximum absolute atomic E-state index is 11.5. The highest BCUT2D eigenvalue weighted by molar-refractivity contribution is 5.41. The van der Waals surface area contributed by atoms with Crippen LogP contribution in [0.3, 0.4) is 0 Å². The van der Waals surface area contributed by atoms with E-state index in [-0.39, 0.29) is 11.5 Å². The van der Waals surface area contributed by atoms with Crippen LogP contribution in [0.15, 0.2) is 27.4 Å². The van der Waals surface area contributed by atoms with Gasteiger partial charge >= 0.3 is 0 Å². The average molecular weight is 331 g/mol. The molecule has 1 atom stereocenters. The smallest absolute Gasteiger partial charge is 0.254 e. The second-order valence-electron chi connectivity index (χ2n) is 6.46. The molecule has 0 aliphatic carbocycles. The molecular weight excluding hydrogens is 306 g/mol. The molecule has 3 N–H and O–H groups in total. The fourth-order valence-corrected chi connectivity index (χ4v) is 3.06. The Labute approximate surface area is 141 Å². The summed E-state index contributed by atoms with van der Waals surface area (Å²) >= 11 is 0. The quantitative estimate of drug-likeness (QED) is 0.864. The minimum Gasteiger partial charge on any atom is -0.466 e. The minimum absolute atomic E-state index is 0.169. The van der Waals surface area contributed by atoms with Gasteiger partial charge in [0.2, 0.25) is 5.95 Å². The first kappa shape index (κ1) is 16.6. The van der Waals surface area contributed by atoms with Gasteiger partial charge in [0.1, 0.15) is 17.3 Å². The summed E-state index contributed by atoms with van der Waals surface area (Å²) in [6.07, 6.45) is 1.07. The SMILES string of the molecule is Cc1ccc(C(C)CCN2CCN(c3cc(=O)[nH]c(N)n3)CC2)o1. The largest absolute Gasteiger partial charge is 0.466 e. The van der Waals surface area contributed by atoms with Crippen molar-refractivity contribution < 1.29 is 4.42 Å². The van der Waals surface area contributed by atoms with Crippen LogP contribution in [0.25, 0.3) is 0 Å². The first-order valence-electron chi connectivity index (χ1n) is 8.42. The van der Waals surface area contributed by atoms with E-state index in [0.717, 1.165) is 50.7 Å². The Hall–Kier alpha value is -2.28. The molecule has 1 fully saturated rings. The zero-order chi connectivity index (χ0) is 17.1. The van der Waals surface area contributed by atoms with Crippen molar-refractivity contribution >= 4 is 11.8 Å². The molecule has 24 heavy (non-hydrogen) atoms. The number of aromatic nitrogens is 2. The Kier molecular flexibility index (Phi) is 4.89. The molecule has 0 aromatic carbocycles. The lowest BCUT2D eigenvalue weighted by atomic mass is 10.0. The molecule has 130 valence electrons. The number of nitrogens with two attached hydrogens (primary N) is 1. The van der Waals surface area contributed by atoms with Crippen LogP contribution >= 0.6 is 0 Å². The Morgan fingerprint density at radius 2 is 2.08 bits per heavy atom. The summed E-state index contributed by atoms with van der Waals surface area (Å²) in [5.41, 5.74) is 5.41. The number of hydrogen-bond acceptors (Lipinski definition) is 6. The zero-order valence-electron chi connectivity index (χ0n) is 14.3. The fraction of sp³-hybridized carbons (Fsp3) is 0.529. The second-order valence-corrected chi connectivity index (χ2v) is 6.46. The molecule has 0 spiro atoms. The monoisotopic (exact) mass is 331 g/mol. The van der Waals surface area contributed by atoms with Crippen LogP contribution in [0.4, 0.5) is 11.8 Å². The lowest BCUT2D eigenvalue weighted by Crippen LogP contribution is -2.47. The van der Waals surface area contributed by atoms with Crippen LogP contribution in [0, 0.1) is 6.92 Å². The van der Waals surface area contributed by atoms with Crippen LogP contribution in [0.2, 0.25) is 0 Å². The maximum Gasteiger partial charge on any atom is 0.254 e. The molecule has 1 aliphatic rings. The maximum atomic E-state index is 11.5. The lowest BCUT2D eigenvalue weighted by molar-refractivity contribution is 0.245. The first-order chi connectivity index (χ1) is 11.5. The van der Waals surface area contributed by atoms with Gasteiger partial charge in [0.15, 0.2) is 0 Å². The molecule has 1 unspecified atom stereocenters. The predicted molar refractivity (Wildman–Crippen MR) is 94.4 cm³/mol. The normalized spacial score (nSPS) is 17.2. The van der Waals surface area contributed by atoms with Gasteiger partial charge < -0.3 is 15.1 Å². The van der Waals surface area contributed by atoms with Crippen LogP contribution in [-0.2, 0) is 0 Å². The van der Waals surface area contributed by atoms with E-state index in [2.05, 4.69) is 32.8 Å². The van der Waals surface area contributed by atoms with Crippen LogP contribution in [-0.4, -0.2) is 47.6 Å². The van der Waals surface area contributed by atoms with E-state index >= 15 is 0 Å². The lowest BCUT2D eigenvalue weighted by Gasteiger charge is -2.35. The van der Waals surface area contributed by atoms with E-state index in [0.29, 0.717) is 11.7 Å². The number of nitrogens with zero attached hydrogens (tertiary/aromatic N) is 3. The Morgan fingerprint density at radius 3 is 2.71 bits per heavy atom. The number of nitrogens with one attached hydrogen (secondary N) is 1. The highest BCUT2D eigenvalue weighted by Gasteiger charge is 2.20. The van der Waals surface area contributed by atoms with E-state index in [1.807, 2.05) is 13.0 Å². The number of aromatic amines is 1. The molecule has 1 saturated heterocycles. The number of hydrogen-bond donors (Lipinski definition) is 2. The molecule has 3 heterocycles. The molecule has 2 aromatic heterocycles. The summed E-state index contributed by atoms with van der Waals surface area (Å²) in [6, 6.07) is 5.60. The highest BCUT2D eigenvalue weighted by Crippen LogP contribution is 2.22. The van der Waals surface area contributed by atoms with Crippen molar-refractivity contribution in [3.63, 3.8) is 0 Å². The van der Waals surface area contributed by atoms with Gasteiger partial charge in [-0.25, -0.2) is 0 Å². The van der Waals surface area contributed by atoms with Gasteiger partial charge in [0.25, 0.3) is 5.56 Å². The van der Waals surface area contributed by atoms with Gasteiger partial charge in [0, 0.05) is 38.2 Å². The molecule has 7 heteroatoms. The molecule has 0 bridgehead atoms. The molecule has 2 aromatic rings. The summed E-state index contributed by atoms with van der Waals surface area (Å²) in [5, 5.41) is 0. The summed E-state index contributed by atoms with van der Waals surface area (Å²) in [6.45, 7) is 8.84.